The minimum Gasteiger partial charge on any atom is -0.479 e. The van der Waals surface area contributed by atoms with Crippen molar-refractivity contribution in [2.24, 2.45) is 5.73 Å². The standard InChI is InChI=1S/C13H9BrClN3O5/c14-8-2-6(1-7(4-16)12(21)18-13(17)22)3-9(15)11(8)23-5-10(19)20/h1-3H,5H2,(H,19,20)(H3,17,18,21,22)/b7-1-. The van der Waals surface area contributed by atoms with Crippen molar-refractivity contribution >= 4 is 51.5 Å². The van der Waals surface area contributed by atoms with Crippen molar-refractivity contribution < 1.29 is 24.2 Å². The number of primary amides is 1. The molecule has 0 aliphatic heterocycles. The molecular weight excluding hydrogens is 394 g/mol. The molecule has 0 radical (unpaired) electrons. The van der Waals surface area contributed by atoms with Crippen molar-refractivity contribution in [3.8, 4) is 11.8 Å². The van der Waals surface area contributed by atoms with E-state index in [1.165, 1.54) is 18.2 Å². The Kier molecular flexibility index (Phi) is 6.56. The number of rotatable bonds is 5. The molecule has 0 aromatic heterocycles. The van der Waals surface area contributed by atoms with Crippen molar-refractivity contribution in [2.45, 2.75) is 0 Å². The largest absolute Gasteiger partial charge is 0.479 e. The molecule has 3 amide bonds. The molecule has 1 aromatic carbocycles. The summed E-state index contributed by atoms with van der Waals surface area (Å²) in [5, 5.41) is 19.4. The molecule has 0 aliphatic rings. The van der Waals surface area contributed by atoms with Crippen LogP contribution in [0, 0.1) is 11.3 Å². The molecule has 120 valence electrons. The first-order chi connectivity index (χ1) is 10.7. The van der Waals surface area contributed by atoms with Gasteiger partial charge in [-0.2, -0.15) is 5.26 Å². The highest BCUT2D eigenvalue weighted by atomic mass is 79.9. The predicted octanol–water partition coefficient (Wildman–Crippen LogP) is 1.67. The summed E-state index contributed by atoms with van der Waals surface area (Å²) >= 11 is 9.12. The van der Waals surface area contributed by atoms with Crippen LogP contribution in [0.5, 0.6) is 5.75 Å². The zero-order chi connectivity index (χ0) is 17.6. The molecular formula is C13H9BrClN3O5. The van der Waals surface area contributed by atoms with Gasteiger partial charge in [-0.25, -0.2) is 9.59 Å². The Morgan fingerprint density at radius 3 is 2.61 bits per heavy atom. The third kappa shape index (κ3) is 5.61. The highest BCUT2D eigenvalue weighted by molar-refractivity contribution is 9.10. The van der Waals surface area contributed by atoms with Crippen molar-refractivity contribution in [2.75, 3.05) is 6.61 Å². The highest BCUT2D eigenvalue weighted by Crippen LogP contribution is 2.35. The van der Waals surface area contributed by atoms with Crippen LogP contribution >= 0.6 is 27.5 Å². The van der Waals surface area contributed by atoms with E-state index >= 15 is 0 Å². The number of imide groups is 1. The van der Waals surface area contributed by atoms with E-state index in [0.29, 0.717) is 10.0 Å². The van der Waals surface area contributed by atoms with Crippen LogP contribution in [0.4, 0.5) is 4.79 Å². The molecule has 0 saturated carbocycles. The Bertz CT molecular complexity index is 719. The van der Waals surface area contributed by atoms with Crippen LogP contribution in [-0.4, -0.2) is 29.6 Å². The maximum Gasteiger partial charge on any atom is 0.341 e. The van der Waals surface area contributed by atoms with Gasteiger partial charge >= 0.3 is 12.0 Å². The normalized spacial score (nSPS) is 10.6. The van der Waals surface area contributed by atoms with E-state index in [0.717, 1.165) is 0 Å². The average molecular weight is 403 g/mol. The number of benzene rings is 1. The topological polar surface area (TPSA) is 143 Å². The first kappa shape index (κ1) is 18.5. The minimum absolute atomic E-state index is 0.0690. The number of carbonyl (C=O) groups excluding carboxylic acids is 2. The Balaban J connectivity index is 3.12. The lowest BCUT2D eigenvalue weighted by atomic mass is 10.1. The molecule has 0 spiro atoms. The summed E-state index contributed by atoms with van der Waals surface area (Å²) in [7, 11) is 0. The third-order valence-corrected chi connectivity index (χ3v) is 3.14. The molecule has 23 heavy (non-hydrogen) atoms. The van der Waals surface area contributed by atoms with Gasteiger partial charge in [0.25, 0.3) is 5.91 Å². The number of aliphatic carboxylic acids is 1. The number of urea groups is 1. The predicted molar refractivity (Wildman–Crippen MR) is 83.6 cm³/mol. The lowest BCUT2D eigenvalue weighted by Gasteiger charge is -2.09. The molecule has 1 rings (SSSR count). The lowest BCUT2D eigenvalue weighted by Crippen LogP contribution is -2.35. The minimum atomic E-state index is -1.17. The molecule has 10 heteroatoms. The number of nitrogens with one attached hydrogen (secondary N) is 1. The first-order valence-corrected chi connectivity index (χ1v) is 6.98. The van der Waals surface area contributed by atoms with Crippen molar-refractivity contribution in [1.29, 1.82) is 5.26 Å². The van der Waals surface area contributed by atoms with Gasteiger partial charge in [-0.3, -0.25) is 10.1 Å². The number of carboxylic acid groups (broad SMARTS) is 1. The van der Waals surface area contributed by atoms with Gasteiger partial charge in [0.15, 0.2) is 12.4 Å². The first-order valence-electron chi connectivity index (χ1n) is 5.80. The zero-order valence-corrected chi connectivity index (χ0v) is 13.6. The summed E-state index contributed by atoms with van der Waals surface area (Å²) in [6.45, 7) is -0.585. The van der Waals surface area contributed by atoms with Crippen LogP contribution in [0.3, 0.4) is 0 Å². The van der Waals surface area contributed by atoms with E-state index in [1.54, 1.807) is 11.4 Å². The van der Waals surface area contributed by atoms with E-state index in [9.17, 15) is 14.4 Å². The third-order valence-electron chi connectivity index (χ3n) is 2.27. The molecule has 4 N–H and O–H groups in total. The number of ether oxygens (including phenoxy) is 1. The van der Waals surface area contributed by atoms with Gasteiger partial charge in [-0.15, -0.1) is 0 Å². The summed E-state index contributed by atoms with van der Waals surface area (Å²) in [5.41, 5.74) is 4.78. The van der Waals surface area contributed by atoms with Gasteiger partial charge in [0.05, 0.1) is 9.50 Å². The van der Waals surface area contributed by atoms with Gasteiger partial charge in [0.1, 0.15) is 11.6 Å². The van der Waals surface area contributed by atoms with E-state index in [1.807, 2.05) is 0 Å². The number of carboxylic acids is 1. The molecule has 0 bridgehead atoms. The summed E-state index contributed by atoms with van der Waals surface area (Å²) < 4.78 is 5.34. The van der Waals surface area contributed by atoms with Crippen molar-refractivity contribution in [3.05, 3.63) is 32.8 Å². The van der Waals surface area contributed by atoms with Crippen LogP contribution in [0.25, 0.3) is 6.08 Å². The van der Waals surface area contributed by atoms with Crippen molar-refractivity contribution in [3.63, 3.8) is 0 Å². The smallest absolute Gasteiger partial charge is 0.341 e. The molecule has 0 atom stereocenters. The van der Waals surface area contributed by atoms with E-state index in [4.69, 9.17) is 32.4 Å². The lowest BCUT2D eigenvalue weighted by molar-refractivity contribution is -0.139. The monoisotopic (exact) mass is 401 g/mol. The van der Waals surface area contributed by atoms with E-state index < -0.39 is 24.5 Å². The fraction of sp³-hybridized carbons (Fsp3) is 0.0769. The van der Waals surface area contributed by atoms with Crippen LogP contribution < -0.4 is 15.8 Å². The molecule has 0 aliphatic carbocycles. The van der Waals surface area contributed by atoms with E-state index in [2.05, 4.69) is 15.9 Å². The second-order valence-electron chi connectivity index (χ2n) is 3.98. The van der Waals surface area contributed by atoms with Gasteiger partial charge in [-0.1, -0.05) is 11.6 Å². The number of nitriles is 1. The van der Waals surface area contributed by atoms with Crippen LogP contribution in [0.2, 0.25) is 5.02 Å². The van der Waals surface area contributed by atoms with Gasteiger partial charge < -0.3 is 15.6 Å². The van der Waals surface area contributed by atoms with Gasteiger partial charge in [0.2, 0.25) is 0 Å². The number of nitrogens with zero attached hydrogens (tertiary/aromatic N) is 1. The second-order valence-corrected chi connectivity index (χ2v) is 5.25. The molecule has 0 saturated heterocycles. The number of nitrogens with two attached hydrogens (primary N) is 1. The fourth-order valence-electron chi connectivity index (χ4n) is 1.43. The second kappa shape index (κ2) is 8.17. The fourth-order valence-corrected chi connectivity index (χ4v) is 2.42. The average Bonchev–Trinajstić information content (AvgIpc) is 2.42. The summed E-state index contributed by atoms with van der Waals surface area (Å²) in [4.78, 5) is 32.7. The highest BCUT2D eigenvalue weighted by Gasteiger charge is 2.14. The Labute approximate surface area is 143 Å². The van der Waals surface area contributed by atoms with Gasteiger partial charge in [0, 0.05) is 0 Å². The molecule has 0 heterocycles. The molecule has 0 unspecified atom stereocenters. The zero-order valence-electron chi connectivity index (χ0n) is 11.3. The maximum absolute atomic E-state index is 11.6. The number of halogens is 2. The number of carbonyl (C=O) groups is 3. The number of hydrogen-bond acceptors (Lipinski definition) is 5. The van der Waals surface area contributed by atoms with Crippen LogP contribution in [0.15, 0.2) is 22.2 Å². The molecule has 0 fully saturated rings. The Hall–Kier alpha value is -2.57. The number of amides is 3. The Morgan fingerprint density at radius 1 is 1.48 bits per heavy atom. The van der Waals surface area contributed by atoms with Crippen LogP contribution in [0.1, 0.15) is 5.56 Å². The van der Waals surface area contributed by atoms with E-state index in [-0.39, 0.29) is 16.3 Å². The summed E-state index contributed by atoms with van der Waals surface area (Å²) in [5.74, 6) is -2.03. The molecule has 8 nitrogen and oxygen atoms in total. The quantitative estimate of drug-likeness (QED) is 0.505. The number of hydrogen-bond donors (Lipinski definition) is 3. The SMILES string of the molecule is N#C/C(=C/c1cc(Cl)c(OCC(=O)O)c(Br)c1)C(=O)NC(N)=O. The molecule has 1 aromatic rings. The maximum atomic E-state index is 11.6. The summed E-state index contributed by atoms with van der Waals surface area (Å²) in [6.07, 6.45) is 1.18. The van der Waals surface area contributed by atoms with Crippen LogP contribution in [-0.2, 0) is 9.59 Å². The Morgan fingerprint density at radius 2 is 2.13 bits per heavy atom. The van der Waals surface area contributed by atoms with Crippen molar-refractivity contribution in [1.82, 2.24) is 5.32 Å². The summed E-state index contributed by atoms with van der Waals surface area (Å²) in [6, 6.07) is 3.35. The van der Waals surface area contributed by atoms with Gasteiger partial charge in [-0.05, 0) is 39.7 Å².